The molecular formula is C28H36N2O5. The number of nitrogens with one attached hydrogen (secondary N) is 2. The van der Waals surface area contributed by atoms with E-state index in [1.165, 1.54) is 0 Å². The molecule has 1 aliphatic carbocycles. The van der Waals surface area contributed by atoms with E-state index in [1.54, 1.807) is 20.8 Å². The number of ether oxygens (including phenoxy) is 2. The van der Waals surface area contributed by atoms with Crippen LogP contribution in [0.15, 0.2) is 60.7 Å². The molecule has 35 heavy (non-hydrogen) atoms. The highest BCUT2D eigenvalue weighted by Crippen LogP contribution is 2.28. The number of rotatable bonds is 9. The van der Waals surface area contributed by atoms with E-state index in [0.29, 0.717) is 0 Å². The van der Waals surface area contributed by atoms with Gasteiger partial charge >= 0.3 is 12.1 Å². The van der Waals surface area contributed by atoms with Crippen molar-refractivity contribution in [2.24, 2.45) is 5.92 Å². The van der Waals surface area contributed by atoms with Gasteiger partial charge in [0.25, 0.3) is 0 Å². The van der Waals surface area contributed by atoms with Crippen LogP contribution in [0.3, 0.4) is 0 Å². The molecular weight excluding hydrogens is 444 g/mol. The molecule has 0 aliphatic heterocycles. The van der Waals surface area contributed by atoms with Crippen molar-refractivity contribution < 1.29 is 23.9 Å². The molecule has 2 N–H and O–H groups in total. The number of alkyl carbamates (subject to hydrolysis) is 1. The van der Waals surface area contributed by atoms with Gasteiger partial charge in [-0.1, -0.05) is 73.5 Å². The lowest BCUT2D eigenvalue weighted by Gasteiger charge is -2.27. The van der Waals surface area contributed by atoms with Crippen LogP contribution < -0.4 is 10.6 Å². The van der Waals surface area contributed by atoms with E-state index in [9.17, 15) is 14.4 Å². The maximum absolute atomic E-state index is 13.4. The highest BCUT2D eigenvalue weighted by molar-refractivity contribution is 5.90. The SMILES string of the molecule is CC(C)(C)OC(=O)N[C@H](Cc1ccccc1)C(=O)N[C@@H](C(=O)OCc1ccccc1)C1CCCC1. The lowest BCUT2D eigenvalue weighted by Crippen LogP contribution is -2.55. The molecule has 3 rings (SSSR count). The van der Waals surface area contributed by atoms with Gasteiger partial charge in [0.2, 0.25) is 5.91 Å². The fourth-order valence-electron chi connectivity index (χ4n) is 4.24. The number of esters is 1. The average molecular weight is 481 g/mol. The van der Waals surface area contributed by atoms with Crippen LogP contribution in [0.5, 0.6) is 0 Å². The third-order valence-electron chi connectivity index (χ3n) is 5.94. The summed E-state index contributed by atoms with van der Waals surface area (Å²) in [6.07, 6.45) is 3.28. The first kappa shape index (κ1) is 26.3. The summed E-state index contributed by atoms with van der Waals surface area (Å²) in [6.45, 7) is 5.43. The Hall–Kier alpha value is -3.35. The Morgan fingerprint density at radius 2 is 1.46 bits per heavy atom. The molecule has 0 spiro atoms. The second-order valence-electron chi connectivity index (χ2n) is 10.0. The first-order chi connectivity index (χ1) is 16.7. The summed E-state index contributed by atoms with van der Waals surface area (Å²) < 4.78 is 11.0. The number of carbonyl (C=O) groups excluding carboxylic acids is 3. The molecule has 1 aliphatic rings. The minimum atomic E-state index is -0.905. The van der Waals surface area contributed by atoms with Crippen LogP contribution in [-0.4, -0.2) is 35.7 Å². The van der Waals surface area contributed by atoms with Crippen molar-refractivity contribution >= 4 is 18.0 Å². The molecule has 2 atom stereocenters. The van der Waals surface area contributed by atoms with E-state index in [1.807, 2.05) is 60.7 Å². The second kappa shape index (κ2) is 12.4. The monoisotopic (exact) mass is 480 g/mol. The molecule has 1 saturated carbocycles. The summed E-state index contributed by atoms with van der Waals surface area (Å²) in [4.78, 5) is 39.0. The van der Waals surface area contributed by atoms with Gasteiger partial charge in [0.15, 0.2) is 0 Å². The van der Waals surface area contributed by atoms with Crippen molar-refractivity contribution in [3.63, 3.8) is 0 Å². The minimum absolute atomic E-state index is 0.00104. The van der Waals surface area contributed by atoms with Crippen LogP contribution in [0.25, 0.3) is 0 Å². The zero-order chi connectivity index (χ0) is 25.3. The van der Waals surface area contributed by atoms with Gasteiger partial charge in [-0.3, -0.25) is 4.79 Å². The van der Waals surface area contributed by atoms with Gasteiger partial charge in [-0.25, -0.2) is 9.59 Å². The molecule has 0 saturated heterocycles. The van der Waals surface area contributed by atoms with Gasteiger partial charge in [-0.15, -0.1) is 0 Å². The molecule has 0 aromatic heterocycles. The highest BCUT2D eigenvalue weighted by atomic mass is 16.6. The van der Waals surface area contributed by atoms with Crippen molar-refractivity contribution in [1.82, 2.24) is 10.6 Å². The lowest BCUT2D eigenvalue weighted by atomic mass is 9.97. The topological polar surface area (TPSA) is 93.7 Å². The minimum Gasteiger partial charge on any atom is -0.459 e. The summed E-state index contributed by atoms with van der Waals surface area (Å²) in [7, 11) is 0. The molecule has 2 aromatic carbocycles. The van der Waals surface area contributed by atoms with Gasteiger partial charge in [0, 0.05) is 6.42 Å². The largest absolute Gasteiger partial charge is 0.459 e. The predicted octanol–water partition coefficient (Wildman–Crippen LogP) is 4.54. The first-order valence-electron chi connectivity index (χ1n) is 12.3. The number of hydrogen-bond donors (Lipinski definition) is 2. The van der Waals surface area contributed by atoms with E-state index < -0.39 is 35.7 Å². The maximum atomic E-state index is 13.4. The highest BCUT2D eigenvalue weighted by Gasteiger charge is 2.35. The number of benzene rings is 2. The molecule has 1 fully saturated rings. The fourth-order valence-corrected chi connectivity index (χ4v) is 4.24. The standard InChI is InChI=1S/C28H36N2O5/c1-28(2,3)35-27(33)29-23(18-20-12-6-4-7-13-20)25(31)30-24(22-16-10-11-17-22)26(32)34-19-21-14-8-5-9-15-21/h4-9,12-15,22-24H,10-11,16-19H2,1-3H3,(H,29,33)(H,30,31)/t23-,24-/m1/s1. The van der Waals surface area contributed by atoms with Gasteiger partial charge in [-0.05, 0) is 50.7 Å². The van der Waals surface area contributed by atoms with Crippen LogP contribution in [0, 0.1) is 5.92 Å². The molecule has 2 aromatic rings. The Morgan fingerprint density at radius 1 is 0.886 bits per heavy atom. The van der Waals surface area contributed by atoms with Crippen LogP contribution in [0.4, 0.5) is 4.79 Å². The van der Waals surface area contributed by atoms with Gasteiger partial charge in [0.05, 0.1) is 0 Å². The van der Waals surface area contributed by atoms with E-state index in [-0.39, 0.29) is 18.9 Å². The van der Waals surface area contributed by atoms with Crippen molar-refractivity contribution in [3.05, 3.63) is 71.8 Å². The molecule has 7 heteroatoms. The van der Waals surface area contributed by atoms with Crippen molar-refractivity contribution in [2.45, 2.75) is 77.2 Å². The molecule has 188 valence electrons. The zero-order valence-corrected chi connectivity index (χ0v) is 20.8. The van der Waals surface area contributed by atoms with E-state index >= 15 is 0 Å². The Labute approximate surface area is 207 Å². The maximum Gasteiger partial charge on any atom is 0.408 e. The number of hydrogen-bond acceptors (Lipinski definition) is 5. The van der Waals surface area contributed by atoms with Crippen molar-refractivity contribution in [1.29, 1.82) is 0 Å². The number of amides is 2. The smallest absolute Gasteiger partial charge is 0.408 e. The third-order valence-corrected chi connectivity index (χ3v) is 5.94. The van der Waals surface area contributed by atoms with E-state index in [2.05, 4.69) is 10.6 Å². The molecule has 0 bridgehead atoms. The molecule has 2 amide bonds. The van der Waals surface area contributed by atoms with E-state index in [0.717, 1.165) is 36.8 Å². The summed E-state index contributed by atoms with van der Waals surface area (Å²) in [6, 6.07) is 17.2. The van der Waals surface area contributed by atoms with Gasteiger partial charge < -0.3 is 20.1 Å². The van der Waals surface area contributed by atoms with Gasteiger partial charge in [0.1, 0.15) is 24.3 Å². The first-order valence-corrected chi connectivity index (χ1v) is 12.3. The summed E-state index contributed by atoms with van der Waals surface area (Å²) in [5, 5.41) is 5.59. The van der Waals surface area contributed by atoms with Crippen LogP contribution in [0.1, 0.15) is 57.6 Å². The fraction of sp³-hybridized carbons (Fsp3) is 0.464. The number of carbonyl (C=O) groups is 3. The van der Waals surface area contributed by atoms with Crippen LogP contribution in [-0.2, 0) is 32.1 Å². The summed E-state index contributed by atoms with van der Waals surface area (Å²) >= 11 is 0. The van der Waals surface area contributed by atoms with Crippen LogP contribution >= 0.6 is 0 Å². The Morgan fingerprint density at radius 3 is 2.03 bits per heavy atom. The molecule has 0 unspecified atom stereocenters. The Bertz CT molecular complexity index is 966. The van der Waals surface area contributed by atoms with Crippen LogP contribution in [0.2, 0.25) is 0 Å². The summed E-state index contributed by atoms with van der Waals surface area (Å²) in [5.41, 5.74) is 1.06. The molecule has 0 radical (unpaired) electrons. The second-order valence-corrected chi connectivity index (χ2v) is 10.0. The van der Waals surface area contributed by atoms with Crippen molar-refractivity contribution in [3.8, 4) is 0 Å². The van der Waals surface area contributed by atoms with E-state index in [4.69, 9.17) is 9.47 Å². The zero-order valence-electron chi connectivity index (χ0n) is 20.8. The third kappa shape index (κ3) is 8.74. The molecule has 7 nitrogen and oxygen atoms in total. The predicted molar refractivity (Wildman–Crippen MR) is 133 cm³/mol. The normalized spacial score (nSPS) is 15.6. The lowest BCUT2D eigenvalue weighted by molar-refractivity contribution is -0.151. The Kier molecular flexibility index (Phi) is 9.29. The average Bonchev–Trinajstić information content (AvgIpc) is 3.35. The molecule has 0 heterocycles. The Balaban J connectivity index is 1.73. The van der Waals surface area contributed by atoms with Gasteiger partial charge in [-0.2, -0.15) is 0 Å². The quantitative estimate of drug-likeness (QED) is 0.514. The van der Waals surface area contributed by atoms with Crippen molar-refractivity contribution in [2.75, 3.05) is 0 Å². The summed E-state index contributed by atoms with van der Waals surface area (Å²) in [5.74, 6) is -0.890.